The van der Waals surface area contributed by atoms with Crippen molar-refractivity contribution in [3.05, 3.63) is 35.9 Å². The molecule has 120 valence electrons. The minimum Gasteiger partial charge on any atom is -0.480 e. The maximum absolute atomic E-state index is 11.8. The average molecular weight is 305 g/mol. The quantitative estimate of drug-likeness (QED) is 0.845. The predicted molar refractivity (Wildman–Crippen MR) is 82.4 cm³/mol. The van der Waals surface area contributed by atoms with Crippen molar-refractivity contribution in [1.82, 2.24) is 5.32 Å². The third kappa shape index (κ3) is 4.76. The molecule has 1 aliphatic carbocycles. The van der Waals surface area contributed by atoms with Gasteiger partial charge in [-0.05, 0) is 30.2 Å². The largest absolute Gasteiger partial charge is 0.480 e. The smallest absolute Gasteiger partial charge is 0.408 e. The molecule has 22 heavy (non-hydrogen) atoms. The summed E-state index contributed by atoms with van der Waals surface area (Å²) in [4.78, 5) is 23.2. The fourth-order valence-corrected chi connectivity index (χ4v) is 3.03. The summed E-state index contributed by atoms with van der Waals surface area (Å²) in [6, 6.07) is 8.40. The Morgan fingerprint density at radius 2 is 1.91 bits per heavy atom. The molecule has 0 bridgehead atoms. The van der Waals surface area contributed by atoms with Crippen LogP contribution < -0.4 is 5.32 Å². The number of rotatable bonds is 6. The molecule has 2 rings (SSSR count). The highest BCUT2D eigenvalue weighted by atomic mass is 16.5. The molecule has 1 aromatic rings. The number of amides is 1. The molecule has 0 spiro atoms. The topological polar surface area (TPSA) is 75.6 Å². The zero-order valence-corrected chi connectivity index (χ0v) is 12.9. The third-order valence-electron chi connectivity index (χ3n) is 4.31. The van der Waals surface area contributed by atoms with E-state index in [1.54, 1.807) is 0 Å². The molecule has 1 aromatic carbocycles. The summed E-state index contributed by atoms with van der Waals surface area (Å²) in [5.74, 6) is -1.01. The standard InChI is InChI=1S/C17H23NO4/c1-17(9-5-6-10-17)11-14(15(19)20)18-16(21)22-12-13-7-3-2-4-8-13/h2-4,7-8,14H,5-6,9-12H2,1H3,(H,18,21)(H,19,20). The fourth-order valence-electron chi connectivity index (χ4n) is 3.03. The summed E-state index contributed by atoms with van der Waals surface area (Å²) in [6.07, 6.45) is 4.04. The number of carbonyl (C=O) groups is 2. The van der Waals surface area contributed by atoms with Crippen LogP contribution in [-0.2, 0) is 16.1 Å². The summed E-state index contributed by atoms with van der Waals surface area (Å²) in [5, 5.41) is 11.8. The van der Waals surface area contributed by atoms with Crippen LogP contribution in [-0.4, -0.2) is 23.2 Å². The third-order valence-corrected chi connectivity index (χ3v) is 4.31. The highest BCUT2D eigenvalue weighted by molar-refractivity contribution is 5.79. The van der Waals surface area contributed by atoms with E-state index < -0.39 is 18.1 Å². The van der Waals surface area contributed by atoms with Gasteiger partial charge in [0, 0.05) is 0 Å². The lowest BCUT2D eigenvalue weighted by atomic mass is 9.82. The lowest BCUT2D eigenvalue weighted by Crippen LogP contribution is -2.43. The first-order chi connectivity index (χ1) is 10.5. The lowest BCUT2D eigenvalue weighted by molar-refractivity contribution is -0.140. The molecular formula is C17H23NO4. The molecule has 5 heteroatoms. The van der Waals surface area contributed by atoms with Gasteiger partial charge in [0.25, 0.3) is 0 Å². The minimum absolute atomic E-state index is 0.00420. The zero-order valence-electron chi connectivity index (χ0n) is 12.9. The second-order valence-electron chi connectivity index (χ2n) is 6.32. The van der Waals surface area contributed by atoms with Gasteiger partial charge in [0.05, 0.1) is 0 Å². The van der Waals surface area contributed by atoms with Crippen molar-refractivity contribution in [2.24, 2.45) is 5.41 Å². The second-order valence-corrected chi connectivity index (χ2v) is 6.32. The Morgan fingerprint density at radius 3 is 2.50 bits per heavy atom. The van der Waals surface area contributed by atoms with Crippen LogP contribution in [0.4, 0.5) is 4.79 Å². The van der Waals surface area contributed by atoms with E-state index in [2.05, 4.69) is 12.2 Å². The number of carboxylic acid groups (broad SMARTS) is 1. The molecular weight excluding hydrogens is 282 g/mol. The maximum atomic E-state index is 11.8. The van der Waals surface area contributed by atoms with E-state index in [9.17, 15) is 14.7 Å². The summed E-state index contributed by atoms with van der Waals surface area (Å²) in [6.45, 7) is 2.23. The molecule has 0 aliphatic heterocycles. The summed E-state index contributed by atoms with van der Waals surface area (Å²) < 4.78 is 5.09. The van der Waals surface area contributed by atoms with Crippen LogP contribution in [0.15, 0.2) is 30.3 Å². The molecule has 2 N–H and O–H groups in total. The molecule has 1 amide bonds. The Balaban J connectivity index is 1.85. The average Bonchev–Trinajstić information content (AvgIpc) is 2.92. The van der Waals surface area contributed by atoms with Crippen molar-refractivity contribution in [1.29, 1.82) is 0 Å². The van der Waals surface area contributed by atoms with Gasteiger partial charge in [0.2, 0.25) is 0 Å². The number of ether oxygens (including phenoxy) is 1. The van der Waals surface area contributed by atoms with Crippen LogP contribution in [0.3, 0.4) is 0 Å². The molecule has 0 heterocycles. The Hall–Kier alpha value is -2.04. The van der Waals surface area contributed by atoms with Gasteiger partial charge in [-0.25, -0.2) is 9.59 Å². The van der Waals surface area contributed by atoms with Crippen molar-refractivity contribution in [3.8, 4) is 0 Å². The van der Waals surface area contributed by atoms with E-state index in [0.717, 1.165) is 31.2 Å². The maximum Gasteiger partial charge on any atom is 0.408 e. The van der Waals surface area contributed by atoms with Crippen LogP contribution >= 0.6 is 0 Å². The zero-order chi connectivity index (χ0) is 16.0. The van der Waals surface area contributed by atoms with E-state index in [1.807, 2.05) is 30.3 Å². The minimum atomic E-state index is -1.01. The van der Waals surface area contributed by atoms with E-state index >= 15 is 0 Å². The number of aliphatic carboxylic acids is 1. The number of benzene rings is 1. The van der Waals surface area contributed by atoms with Crippen LogP contribution in [0.25, 0.3) is 0 Å². The molecule has 1 atom stereocenters. The number of carbonyl (C=O) groups excluding carboxylic acids is 1. The Bertz CT molecular complexity index is 509. The van der Waals surface area contributed by atoms with Gasteiger partial charge in [0.1, 0.15) is 12.6 Å². The summed E-state index contributed by atoms with van der Waals surface area (Å²) in [7, 11) is 0. The highest BCUT2D eigenvalue weighted by Gasteiger charge is 2.35. The molecule has 1 saturated carbocycles. The van der Waals surface area contributed by atoms with Crippen LogP contribution in [0, 0.1) is 5.41 Å². The van der Waals surface area contributed by atoms with Gasteiger partial charge in [-0.3, -0.25) is 0 Å². The number of hydrogen-bond acceptors (Lipinski definition) is 3. The van der Waals surface area contributed by atoms with E-state index in [1.165, 1.54) is 0 Å². The molecule has 5 nitrogen and oxygen atoms in total. The number of carboxylic acids is 1. The van der Waals surface area contributed by atoms with E-state index in [-0.39, 0.29) is 12.0 Å². The van der Waals surface area contributed by atoms with Gasteiger partial charge in [0.15, 0.2) is 0 Å². The summed E-state index contributed by atoms with van der Waals surface area (Å²) in [5.41, 5.74) is 0.864. The highest BCUT2D eigenvalue weighted by Crippen LogP contribution is 2.41. The first-order valence-corrected chi connectivity index (χ1v) is 7.69. The van der Waals surface area contributed by atoms with Crippen molar-refractivity contribution in [3.63, 3.8) is 0 Å². The van der Waals surface area contributed by atoms with Gasteiger partial charge in [-0.15, -0.1) is 0 Å². The monoisotopic (exact) mass is 305 g/mol. The van der Waals surface area contributed by atoms with E-state index in [4.69, 9.17) is 4.74 Å². The molecule has 0 saturated heterocycles. The molecule has 1 fully saturated rings. The van der Waals surface area contributed by atoms with Crippen LogP contribution in [0.5, 0.6) is 0 Å². The number of hydrogen-bond donors (Lipinski definition) is 2. The predicted octanol–water partition coefficient (Wildman–Crippen LogP) is 3.34. The van der Waals surface area contributed by atoms with Gasteiger partial charge in [-0.2, -0.15) is 0 Å². The Labute approximate surface area is 130 Å². The molecule has 1 aliphatic rings. The second kappa shape index (κ2) is 7.29. The first-order valence-electron chi connectivity index (χ1n) is 7.69. The molecule has 0 aromatic heterocycles. The Morgan fingerprint density at radius 1 is 1.27 bits per heavy atom. The van der Waals surface area contributed by atoms with Gasteiger partial charge < -0.3 is 15.2 Å². The van der Waals surface area contributed by atoms with Gasteiger partial charge in [-0.1, -0.05) is 50.1 Å². The number of nitrogens with one attached hydrogen (secondary N) is 1. The molecule has 0 radical (unpaired) electrons. The lowest BCUT2D eigenvalue weighted by Gasteiger charge is -2.27. The fraction of sp³-hybridized carbons (Fsp3) is 0.529. The van der Waals surface area contributed by atoms with Crippen LogP contribution in [0.2, 0.25) is 0 Å². The van der Waals surface area contributed by atoms with Crippen LogP contribution in [0.1, 0.15) is 44.6 Å². The van der Waals surface area contributed by atoms with Crippen molar-refractivity contribution in [2.75, 3.05) is 0 Å². The normalized spacial score (nSPS) is 17.7. The van der Waals surface area contributed by atoms with Crippen molar-refractivity contribution < 1.29 is 19.4 Å². The van der Waals surface area contributed by atoms with Gasteiger partial charge >= 0.3 is 12.1 Å². The SMILES string of the molecule is CC1(CC(NC(=O)OCc2ccccc2)C(=O)O)CCCC1. The van der Waals surface area contributed by atoms with Crippen molar-refractivity contribution in [2.45, 2.75) is 51.7 Å². The molecule has 1 unspecified atom stereocenters. The first kappa shape index (κ1) is 16.3. The Kier molecular flexibility index (Phi) is 5.41. The van der Waals surface area contributed by atoms with Crippen molar-refractivity contribution >= 4 is 12.1 Å². The summed E-state index contributed by atoms with van der Waals surface area (Å²) >= 11 is 0. The number of alkyl carbamates (subject to hydrolysis) is 1. The van der Waals surface area contributed by atoms with E-state index in [0.29, 0.717) is 6.42 Å².